The summed E-state index contributed by atoms with van der Waals surface area (Å²) in [5, 5.41) is 13.6. The molecule has 6 heteroatoms. The highest BCUT2D eigenvalue weighted by Gasteiger charge is 2.44. The predicted octanol–water partition coefficient (Wildman–Crippen LogP) is 2.82. The van der Waals surface area contributed by atoms with Gasteiger partial charge in [-0.1, -0.05) is 36.4 Å². The van der Waals surface area contributed by atoms with Gasteiger partial charge in [0.15, 0.2) is 6.61 Å². The molecule has 1 fully saturated rings. The number of carbonyl (C=O) groups excluding carboxylic acids is 1. The van der Waals surface area contributed by atoms with Gasteiger partial charge in [0, 0.05) is 18.0 Å². The van der Waals surface area contributed by atoms with Crippen molar-refractivity contribution in [3.05, 3.63) is 70.3 Å². The number of amides is 1. The molecule has 6 nitrogen and oxygen atoms in total. The van der Waals surface area contributed by atoms with Crippen LogP contribution in [0.25, 0.3) is 0 Å². The fourth-order valence-corrected chi connectivity index (χ4v) is 2.66. The van der Waals surface area contributed by atoms with E-state index in [9.17, 15) is 14.9 Å². The largest absolute Gasteiger partial charge is 0.484 e. The standard InChI is InChI=1S/C18H18N2O4/c21-17(12-24-16-8-4-7-15(11-16)20(22)23)19-13-18(9-10-18)14-5-2-1-3-6-14/h1-8,11H,9-10,12-13H2,(H,19,21). The number of nitrogens with one attached hydrogen (secondary N) is 1. The third-order valence-electron chi connectivity index (χ3n) is 4.26. The lowest BCUT2D eigenvalue weighted by Gasteiger charge is -2.16. The smallest absolute Gasteiger partial charge is 0.273 e. The third kappa shape index (κ3) is 3.71. The van der Waals surface area contributed by atoms with Gasteiger partial charge in [0.1, 0.15) is 5.75 Å². The third-order valence-corrected chi connectivity index (χ3v) is 4.26. The SMILES string of the molecule is O=C(COc1cccc([N+](=O)[O-])c1)NCC1(c2ccccc2)CC1. The van der Waals surface area contributed by atoms with Gasteiger partial charge in [-0.25, -0.2) is 0 Å². The zero-order chi connectivity index (χ0) is 17.0. The van der Waals surface area contributed by atoms with Gasteiger partial charge in [0.05, 0.1) is 11.0 Å². The maximum Gasteiger partial charge on any atom is 0.273 e. The van der Waals surface area contributed by atoms with Crippen molar-refractivity contribution in [1.29, 1.82) is 0 Å². The monoisotopic (exact) mass is 326 g/mol. The van der Waals surface area contributed by atoms with Crippen LogP contribution in [0.2, 0.25) is 0 Å². The van der Waals surface area contributed by atoms with E-state index in [2.05, 4.69) is 17.4 Å². The second-order valence-electron chi connectivity index (χ2n) is 5.97. The molecule has 1 N–H and O–H groups in total. The number of hydrogen-bond acceptors (Lipinski definition) is 4. The van der Waals surface area contributed by atoms with Crippen LogP contribution in [0.5, 0.6) is 5.75 Å². The number of ether oxygens (including phenoxy) is 1. The molecule has 124 valence electrons. The summed E-state index contributed by atoms with van der Waals surface area (Å²) in [5.74, 6) is 0.0762. The molecule has 0 spiro atoms. The fraction of sp³-hybridized carbons (Fsp3) is 0.278. The Morgan fingerprint density at radius 1 is 1.17 bits per heavy atom. The second kappa shape index (κ2) is 6.70. The fourth-order valence-electron chi connectivity index (χ4n) is 2.66. The Morgan fingerprint density at radius 3 is 2.58 bits per heavy atom. The first kappa shape index (κ1) is 16.0. The minimum absolute atomic E-state index is 0.0441. The van der Waals surface area contributed by atoms with Gasteiger partial charge < -0.3 is 10.1 Å². The van der Waals surface area contributed by atoms with Crippen molar-refractivity contribution in [2.75, 3.05) is 13.2 Å². The highest BCUT2D eigenvalue weighted by Crippen LogP contribution is 2.47. The minimum atomic E-state index is -0.496. The van der Waals surface area contributed by atoms with Gasteiger partial charge >= 0.3 is 0 Å². The Morgan fingerprint density at radius 2 is 1.92 bits per heavy atom. The number of benzene rings is 2. The molecule has 2 aromatic rings. The van der Waals surface area contributed by atoms with Crippen LogP contribution in [0.4, 0.5) is 5.69 Å². The maximum absolute atomic E-state index is 12.0. The minimum Gasteiger partial charge on any atom is -0.484 e. The first-order chi connectivity index (χ1) is 11.6. The van der Waals surface area contributed by atoms with Crippen molar-refractivity contribution in [3.63, 3.8) is 0 Å². The highest BCUT2D eigenvalue weighted by atomic mass is 16.6. The molecule has 0 aliphatic heterocycles. The molecule has 2 aromatic carbocycles. The van der Waals surface area contributed by atoms with Gasteiger partial charge in [-0.2, -0.15) is 0 Å². The molecule has 0 saturated heterocycles. The van der Waals surface area contributed by atoms with Crippen molar-refractivity contribution in [3.8, 4) is 5.75 Å². The number of carbonyl (C=O) groups is 1. The van der Waals surface area contributed by atoms with E-state index in [0.717, 1.165) is 12.8 Å². The summed E-state index contributed by atoms with van der Waals surface area (Å²) >= 11 is 0. The molecule has 0 aromatic heterocycles. The molecule has 1 aliphatic carbocycles. The van der Waals surface area contributed by atoms with Crippen molar-refractivity contribution in [1.82, 2.24) is 5.32 Å². The molecule has 0 bridgehead atoms. The lowest BCUT2D eigenvalue weighted by Crippen LogP contribution is -2.35. The summed E-state index contributed by atoms with van der Waals surface area (Å²) in [5.41, 5.74) is 1.22. The lowest BCUT2D eigenvalue weighted by atomic mass is 9.96. The molecule has 1 aliphatic rings. The first-order valence-corrected chi connectivity index (χ1v) is 7.79. The Bertz CT molecular complexity index is 742. The zero-order valence-electron chi connectivity index (χ0n) is 13.1. The Labute approximate surface area is 139 Å². The quantitative estimate of drug-likeness (QED) is 0.626. The molecule has 24 heavy (non-hydrogen) atoms. The van der Waals surface area contributed by atoms with Crippen LogP contribution >= 0.6 is 0 Å². The van der Waals surface area contributed by atoms with Gasteiger partial charge in [-0.05, 0) is 24.5 Å². The van der Waals surface area contributed by atoms with E-state index in [1.165, 1.54) is 23.8 Å². The average molecular weight is 326 g/mol. The van der Waals surface area contributed by atoms with Gasteiger partial charge in [0.2, 0.25) is 0 Å². The summed E-state index contributed by atoms with van der Waals surface area (Å²) in [6, 6.07) is 15.9. The van der Waals surface area contributed by atoms with Crippen LogP contribution < -0.4 is 10.1 Å². The molecule has 0 atom stereocenters. The molecule has 0 heterocycles. The van der Waals surface area contributed by atoms with Crippen molar-refractivity contribution >= 4 is 11.6 Å². The molecule has 1 amide bonds. The summed E-state index contributed by atoms with van der Waals surface area (Å²) in [4.78, 5) is 22.2. The van der Waals surface area contributed by atoms with E-state index in [-0.39, 0.29) is 23.6 Å². The number of nitro groups is 1. The number of nitro benzene ring substituents is 1. The molecule has 0 radical (unpaired) electrons. The van der Waals surface area contributed by atoms with E-state index in [0.29, 0.717) is 12.3 Å². The van der Waals surface area contributed by atoms with Gasteiger partial charge in [-0.15, -0.1) is 0 Å². The van der Waals surface area contributed by atoms with Gasteiger partial charge in [0.25, 0.3) is 11.6 Å². The second-order valence-corrected chi connectivity index (χ2v) is 5.97. The van der Waals surface area contributed by atoms with Crippen LogP contribution in [0.1, 0.15) is 18.4 Å². The van der Waals surface area contributed by atoms with Gasteiger partial charge in [-0.3, -0.25) is 14.9 Å². The Hall–Kier alpha value is -2.89. The average Bonchev–Trinajstić information content (AvgIpc) is 3.40. The Kier molecular flexibility index (Phi) is 4.46. The van der Waals surface area contributed by atoms with E-state index < -0.39 is 4.92 Å². The van der Waals surface area contributed by atoms with Crippen molar-refractivity contribution in [2.45, 2.75) is 18.3 Å². The Balaban J connectivity index is 1.50. The lowest BCUT2D eigenvalue weighted by molar-refractivity contribution is -0.384. The normalized spacial score (nSPS) is 14.7. The van der Waals surface area contributed by atoms with Crippen LogP contribution in [0.15, 0.2) is 54.6 Å². The summed E-state index contributed by atoms with van der Waals surface area (Å²) in [6.45, 7) is 0.417. The maximum atomic E-state index is 12.0. The van der Waals surface area contributed by atoms with Crippen molar-refractivity contribution in [2.24, 2.45) is 0 Å². The molecule has 3 rings (SSSR count). The summed E-state index contributed by atoms with van der Waals surface area (Å²) in [7, 11) is 0. The van der Waals surface area contributed by atoms with Crippen LogP contribution in [-0.4, -0.2) is 24.0 Å². The van der Waals surface area contributed by atoms with Crippen LogP contribution in [-0.2, 0) is 10.2 Å². The molecular formula is C18H18N2O4. The molecule has 0 unspecified atom stereocenters. The number of nitrogens with zero attached hydrogens (tertiary/aromatic N) is 1. The van der Waals surface area contributed by atoms with Crippen molar-refractivity contribution < 1.29 is 14.5 Å². The number of non-ortho nitro benzene ring substituents is 1. The van der Waals surface area contributed by atoms with Crippen LogP contribution in [0, 0.1) is 10.1 Å². The van der Waals surface area contributed by atoms with E-state index in [4.69, 9.17) is 4.74 Å². The predicted molar refractivity (Wildman–Crippen MR) is 89.0 cm³/mol. The van der Waals surface area contributed by atoms with E-state index in [1.807, 2.05) is 18.2 Å². The van der Waals surface area contributed by atoms with E-state index in [1.54, 1.807) is 6.07 Å². The molecule has 1 saturated carbocycles. The topological polar surface area (TPSA) is 81.5 Å². The molecular weight excluding hydrogens is 308 g/mol. The summed E-state index contributed by atoms with van der Waals surface area (Å²) in [6.07, 6.45) is 2.12. The number of rotatable bonds is 7. The summed E-state index contributed by atoms with van der Waals surface area (Å²) < 4.78 is 5.33. The van der Waals surface area contributed by atoms with Crippen LogP contribution in [0.3, 0.4) is 0 Å². The number of hydrogen-bond donors (Lipinski definition) is 1. The highest BCUT2D eigenvalue weighted by molar-refractivity contribution is 5.77. The first-order valence-electron chi connectivity index (χ1n) is 7.79. The van der Waals surface area contributed by atoms with E-state index >= 15 is 0 Å². The zero-order valence-corrected chi connectivity index (χ0v) is 13.1.